The number of carbonyl (C=O) groups excluding carboxylic acids is 1. The molecular weight excluding hydrogens is 292 g/mol. The first-order chi connectivity index (χ1) is 9.74. The van der Waals surface area contributed by atoms with Gasteiger partial charge in [0.2, 0.25) is 0 Å². The molecule has 104 valence electrons. The standard InChI is InChI=1S/C14H14N2O2S2/c17-13-12(8-10-4-1-2-6-15-10)20-14(19)16(13)9-11-5-3-7-18-11/h1-2,4,6,8,11H,3,5,7,9H2. The molecule has 1 unspecified atom stereocenters. The lowest BCUT2D eigenvalue weighted by molar-refractivity contribution is -0.123. The molecule has 1 amide bonds. The predicted octanol–water partition coefficient (Wildman–Crippen LogP) is 2.46. The molecule has 1 aromatic heterocycles. The van der Waals surface area contributed by atoms with Crippen molar-refractivity contribution in [3.05, 3.63) is 35.0 Å². The fraction of sp³-hybridized carbons (Fsp3) is 0.357. The van der Waals surface area contributed by atoms with E-state index in [0.29, 0.717) is 15.8 Å². The zero-order chi connectivity index (χ0) is 13.9. The second-order valence-corrected chi connectivity index (χ2v) is 6.36. The van der Waals surface area contributed by atoms with E-state index >= 15 is 0 Å². The van der Waals surface area contributed by atoms with Crippen LogP contribution in [0.3, 0.4) is 0 Å². The lowest BCUT2D eigenvalue weighted by Crippen LogP contribution is -2.35. The van der Waals surface area contributed by atoms with Crippen molar-refractivity contribution in [1.82, 2.24) is 9.88 Å². The van der Waals surface area contributed by atoms with Gasteiger partial charge in [0.15, 0.2) is 0 Å². The Kier molecular flexibility index (Phi) is 4.14. The molecule has 0 N–H and O–H groups in total. The van der Waals surface area contributed by atoms with Crippen LogP contribution in [-0.4, -0.2) is 39.4 Å². The molecule has 1 atom stereocenters. The van der Waals surface area contributed by atoms with Crippen molar-refractivity contribution >= 4 is 40.3 Å². The van der Waals surface area contributed by atoms with Gasteiger partial charge in [-0.05, 0) is 31.1 Å². The molecule has 0 aliphatic carbocycles. The lowest BCUT2D eigenvalue weighted by atomic mass is 10.2. The highest BCUT2D eigenvalue weighted by Crippen LogP contribution is 2.33. The Morgan fingerprint density at radius 1 is 1.55 bits per heavy atom. The van der Waals surface area contributed by atoms with E-state index in [0.717, 1.165) is 25.1 Å². The van der Waals surface area contributed by atoms with Crippen molar-refractivity contribution in [2.45, 2.75) is 18.9 Å². The molecule has 3 heterocycles. The number of nitrogens with zero attached hydrogens (tertiary/aromatic N) is 2. The molecule has 0 spiro atoms. The second-order valence-electron chi connectivity index (χ2n) is 4.68. The molecule has 0 bridgehead atoms. The summed E-state index contributed by atoms with van der Waals surface area (Å²) in [7, 11) is 0. The number of amides is 1. The minimum Gasteiger partial charge on any atom is -0.376 e. The van der Waals surface area contributed by atoms with Crippen LogP contribution in [-0.2, 0) is 9.53 Å². The number of rotatable bonds is 3. The van der Waals surface area contributed by atoms with Gasteiger partial charge in [0.1, 0.15) is 4.32 Å². The fourth-order valence-corrected chi connectivity index (χ4v) is 3.50. The summed E-state index contributed by atoms with van der Waals surface area (Å²) in [6, 6.07) is 5.61. The van der Waals surface area contributed by atoms with Crippen LogP contribution in [0.25, 0.3) is 6.08 Å². The molecule has 3 rings (SSSR count). The SMILES string of the molecule is O=C1C(=Cc2ccccn2)SC(=S)N1CC1CCCO1. The van der Waals surface area contributed by atoms with Crippen LogP contribution in [0.15, 0.2) is 29.3 Å². The van der Waals surface area contributed by atoms with Gasteiger partial charge in [-0.1, -0.05) is 30.0 Å². The monoisotopic (exact) mass is 306 g/mol. The number of carbonyl (C=O) groups is 1. The summed E-state index contributed by atoms with van der Waals surface area (Å²) in [6.45, 7) is 1.34. The summed E-state index contributed by atoms with van der Waals surface area (Å²) in [6.07, 6.45) is 5.67. The summed E-state index contributed by atoms with van der Waals surface area (Å²) in [5.74, 6) is -0.0406. The van der Waals surface area contributed by atoms with Gasteiger partial charge in [0.25, 0.3) is 5.91 Å². The summed E-state index contributed by atoms with van der Waals surface area (Å²) < 4.78 is 6.17. The van der Waals surface area contributed by atoms with E-state index in [1.54, 1.807) is 17.2 Å². The van der Waals surface area contributed by atoms with E-state index in [1.165, 1.54) is 11.8 Å². The van der Waals surface area contributed by atoms with Gasteiger partial charge < -0.3 is 4.74 Å². The van der Waals surface area contributed by atoms with Gasteiger partial charge in [-0.15, -0.1) is 0 Å². The van der Waals surface area contributed by atoms with E-state index in [9.17, 15) is 4.79 Å². The molecule has 1 aromatic rings. The number of thioether (sulfide) groups is 1. The van der Waals surface area contributed by atoms with Gasteiger partial charge in [-0.2, -0.15) is 0 Å². The quantitative estimate of drug-likeness (QED) is 0.634. The Bertz CT molecular complexity index is 554. The lowest BCUT2D eigenvalue weighted by Gasteiger charge is -2.18. The van der Waals surface area contributed by atoms with E-state index < -0.39 is 0 Å². The maximum atomic E-state index is 12.4. The smallest absolute Gasteiger partial charge is 0.266 e. The maximum Gasteiger partial charge on any atom is 0.266 e. The number of aromatic nitrogens is 1. The molecule has 0 radical (unpaired) electrons. The first kappa shape index (κ1) is 13.7. The highest BCUT2D eigenvalue weighted by Gasteiger charge is 2.34. The Morgan fingerprint density at radius 2 is 2.45 bits per heavy atom. The van der Waals surface area contributed by atoms with Gasteiger partial charge in [-0.25, -0.2) is 0 Å². The van der Waals surface area contributed by atoms with E-state index in [1.807, 2.05) is 18.2 Å². The Balaban J connectivity index is 1.74. The first-order valence-electron chi connectivity index (χ1n) is 6.52. The van der Waals surface area contributed by atoms with Crippen molar-refractivity contribution in [2.75, 3.05) is 13.2 Å². The Morgan fingerprint density at radius 3 is 3.15 bits per heavy atom. The molecule has 0 aromatic carbocycles. The van der Waals surface area contributed by atoms with Crippen molar-refractivity contribution in [3.63, 3.8) is 0 Å². The molecule has 2 aliphatic rings. The highest BCUT2D eigenvalue weighted by molar-refractivity contribution is 8.26. The van der Waals surface area contributed by atoms with E-state index in [-0.39, 0.29) is 12.0 Å². The summed E-state index contributed by atoms with van der Waals surface area (Å²) in [4.78, 5) is 18.9. The molecule has 4 nitrogen and oxygen atoms in total. The van der Waals surface area contributed by atoms with E-state index in [4.69, 9.17) is 17.0 Å². The van der Waals surface area contributed by atoms with Crippen LogP contribution in [0.1, 0.15) is 18.5 Å². The topological polar surface area (TPSA) is 42.4 Å². The van der Waals surface area contributed by atoms with Crippen molar-refractivity contribution < 1.29 is 9.53 Å². The molecule has 20 heavy (non-hydrogen) atoms. The minimum absolute atomic E-state index is 0.0406. The average molecular weight is 306 g/mol. The van der Waals surface area contributed by atoms with Crippen LogP contribution in [0.5, 0.6) is 0 Å². The molecule has 2 fully saturated rings. The van der Waals surface area contributed by atoms with Crippen molar-refractivity contribution in [3.8, 4) is 0 Å². The maximum absolute atomic E-state index is 12.4. The average Bonchev–Trinajstić information content (AvgIpc) is 3.05. The molecular formula is C14H14N2O2S2. The summed E-state index contributed by atoms with van der Waals surface area (Å²) in [5.41, 5.74) is 0.769. The number of ether oxygens (including phenoxy) is 1. The molecule has 2 aliphatic heterocycles. The number of pyridine rings is 1. The minimum atomic E-state index is -0.0406. The van der Waals surface area contributed by atoms with Crippen molar-refractivity contribution in [2.24, 2.45) is 0 Å². The van der Waals surface area contributed by atoms with Gasteiger partial charge in [-0.3, -0.25) is 14.7 Å². The highest BCUT2D eigenvalue weighted by atomic mass is 32.2. The summed E-state index contributed by atoms with van der Waals surface area (Å²) >= 11 is 6.63. The zero-order valence-corrected chi connectivity index (χ0v) is 12.5. The van der Waals surface area contributed by atoms with Crippen LogP contribution >= 0.6 is 24.0 Å². The fourth-order valence-electron chi connectivity index (χ4n) is 2.25. The second kappa shape index (κ2) is 6.03. The van der Waals surface area contributed by atoms with Crippen LogP contribution < -0.4 is 0 Å². The number of hydrogen-bond acceptors (Lipinski definition) is 5. The molecule has 2 saturated heterocycles. The van der Waals surface area contributed by atoms with Gasteiger partial charge >= 0.3 is 0 Å². The predicted molar refractivity (Wildman–Crippen MR) is 83.1 cm³/mol. The van der Waals surface area contributed by atoms with Crippen molar-refractivity contribution in [1.29, 1.82) is 0 Å². The Labute approximate surface area is 127 Å². The molecule has 0 saturated carbocycles. The van der Waals surface area contributed by atoms with Gasteiger partial charge in [0.05, 0.1) is 23.2 Å². The number of hydrogen-bond donors (Lipinski definition) is 0. The zero-order valence-electron chi connectivity index (χ0n) is 10.8. The number of thiocarbonyl (C=S) groups is 1. The molecule has 6 heteroatoms. The van der Waals surface area contributed by atoms with Gasteiger partial charge in [0, 0.05) is 12.8 Å². The van der Waals surface area contributed by atoms with E-state index in [2.05, 4.69) is 4.98 Å². The third-order valence-electron chi connectivity index (χ3n) is 3.25. The summed E-state index contributed by atoms with van der Waals surface area (Å²) in [5, 5.41) is 0. The van der Waals surface area contributed by atoms with Crippen LogP contribution in [0.4, 0.5) is 0 Å². The third-order valence-corrected chi connectivity index (χ3v) is 4.63. The van der Waals surface area contributed by atoms with Crippen LogP contribution in [0.2, 0.25) is 0 Å². The largest absolute Gasteiger partial charge is 0.376 e. The third kappa shape index (κ3) is 2.92. The first-order valence-corrected chi connectivity index (χ1v) is 7.74. The normalized spacial score (nSPS) is 24.9. The van der Waals surface area contributed by atoms with Crippen LogP contribution in [0, 0.1) is 0 Å². The Hall–Kier alpha value is -1.24.